The van der Waals surface area contributed by atoms with E-state index in [1.165, 1.54) is 22.6 Å². The molecular weight excluding hydrogens is 314 g/mol. The Labute approximate surface area is 156 Å². The van der Waals surface area contributed by atoms with Gasteiger partial charge in [0.05, 0.1) is 0 Å². The fourth-order valence-electron chi connectivity index (χ4n) is 2.71. The Morgan fingerprint density at radius 1 is 0.385 bits per heavy atom. The van der Waals surface area contributed by atoms with Crippen molar-refractivity contribution < 1.29 is 0 Å². The molecule has 0 heterocycles. The van der Waals surface area contributed by atoms with E-state index in [0.717, 1.165) is 0 Å². The molecule has 4 rings (SSSR count). The maximum Gasteiger partial charge on any atom is 0.0461 e. The van der Waals surface area contributed by atoms with Crippen LogP contribution in [0, 0.1) is 6.92 Å². The molecule has 0 aliphatic carbocycles. The van der Waals surface area contributed by atoms with E-state index >= 15 is 0 Å². The van der Waals surface area contributed by atoms with E-state index in [4.69, 9.17) is 0 Å². The first-order valence-corrected chi connectivity index (χ1v) is 8.81. The highest BCUT2D eigenvalue weighted by Gasteiger charge is 2.10. The third-order valence-electron chi connectivity index (χ3n) is 3.98. The molecule has 4 aromatic rings. The number of hydrogen-bond donors (Lipinski definition) is 0. The first-order valence-electron chi connectivity index (χ1n) is 8.81. The minimum Gasteiger partial charge on any atom is -0.311 e. The molecule has 0 radical (unpaired) electrons. The van der Waals surface area contributed by atoms with Crippen molar-refractivity contribution >= 4 is 17.1 Å². The molecule has 26 heavy (non-hydrogen) atoms. The second-order valence-electron chi connectivity index (χ2n) is 6.00. The van der Waals surface area contributed by atoms with Crippen LogP contribution in [0.1, 0.15) is 5.56 Å². The van der Waals surface area contributed by atoms with Crippen LogP contribution in [0.4, 0.5) is 17.1 Å². The first-order chi connectivity index (χ1) is 12.8. The van der Waals surface area contributed by atoms with Gasteiger partial charge in [-0.2, -0.15) is 0 Å². The van der Waals surface area contributed by atoms with E-state index in [1.54, 1.807) is 0 Å². The van der Waals surface area contributed by atoms with Gasteiger partial charge in [0.1, 0.15) is 0 Å². The summed E-state index contributed by atoms with van der Waals surface area (Å²) in [4.78, 5) is 2.25. The quantitative estimate of drug-likeness (QED) is 0.383. The van der Waals surface area contributed by atoms with Crippen LogP contribution in [-0.4, -0.2) is 0 Å². The fraction of sp³-hybridized carbons (Fsp3) is 0.0400. The van der Waals surface area contributed by atoms with Crippen LogP contribution in [0.3, 0.4) is 0 Å². The molecule has 0 saturated heterocycles. The van der Waals surface area contributed by atoms with Crippen molar-refractivity contribution in [2.75, 3.05) is 4.90 Å². The maximum atomic E-state index is 2.25. The molecule has 1 heteroatoms. The van der Waals surface area contributed by atoms with E-state index in [1.807, 2.05) is 36.4 Å². The molecule has 0 saturated carbocycles. The van der Waals surface area contributed by atoms with Crippen LogP contribution < -0.4 is 4.90 Å². The second-order valence-corrected chi connectivity index (χ2v) is 6.00. The molecule has 0 aromatic heterocycles. The van der Waals surface area contributed by atoms with Crippen molar-refractivity contribution in [3.05, 3.63) is 127 Å². The molecule has 0 atom stereocenters. The molecule has 0 spiro atoms. The van der Waals surface area contributed by atoms with Gasteiger partial charge in [-0.1, -0.05) is 90.5 Å². The molecule has 4 aromatic carbocycles. The van der Waals surface area contributed by atoms with Crippen molar-refractivity contribution in [1.29, 1.82) is 0 Å². The highest BCUT2D eigenvalue weighted by Crippen LogP contribution is 2.33. The summed E-state index contributed by atoms with van der Waals surface area (Å²) >= 11 is 0. The number of para-hydroxylation sites is 3. The lowest BCUT2D eigenvalue weighted by Crippen LogP contribution is -2.09. The Morgan fingerprint density at radius 2 is 0.654 bits per heavy atom. The monoisotopic (exact) mass is 337 g/mol. The largest absolute Gasteiger partial charge is 0.311 e. The molecule has 0 aliphatic rings. The summed E-state index contributed by atoms with van der Waals surface area (Å²) in [6.07, 6.45) is 0. The van der Waals surface area contributed by atoms with Gasteiger partial charge in [-0.25, -0.2) is 0 Å². The normalized spacial score (nSPS) is 9.73. The second kappa shape index (κ2) is 9.24. The predicted octanol–water partition coefficient (Wildman–Crippen LogP) is 7.15. The Morgan fingerprint density at radius 3 is 0.885 bits per heavy atom. The van der Waals surface area contributed by atoms with Crippen molar-refractivity contribution in [1.82, 2.24) is 0 Å². The van der Waals surface area contributed by atoms with Crippen LogP contribution in [0.5, 0.6) is 0 Å². The number of rotatable bonds is 3. The lowest BCUT2D eigenvalue weighted by atomic mass is 10.2. The Kier molecular flexibility index (Phi) is 6.22. The van der Waals surface area contributed by atoms with Gasteiger partial charge in [0.25, 0.3) is 0 Å². The summed E-state index contributed by atoms with van der Waals surface area (Å²) in [6, 6.07) is 41.5. The van der Waals surface area contributed by atoms with Crippen LogP contribution in [0.15, 0.2) is 121 Å². The van der Waals surface area contributed by atoms with Crippen molar-refractivity contribution in [3.63, 3.8) is 0 Å². The summed E-state index contributed by atoms with van der Waals surface area (Å²) < 4.78 is 0. The molecule has 0 amide bonds. The Hall–Kier alpha value is -3.32. The van der Waals surface area contributed by atoms with Crippen LogP contribution in [0.2, 0.25) is 0 Å². The third kappa shape index (κ3) is 4.84. The van der Waals surface area contributed by atoms with E-state index in [0.29, 0.717) is 0 Å². The summed E-state index contributed by atoms with van der Waals surface area (Å²) in [5.74, 6) is 0. The standard InChI is InChI=1S/C18H15N.C7H8/c1-4-10-16(11-5-1)19(17-12-6-2-7-13-17)18-14-8-3-9-15-18;1-7-5-3-2-4-6-7/h1-15H;2-6H,1H3. The summed E-state index contributed by atoms with van der Waals surface area (Å²) in [7, 11) is 0. The highest BCUT2D eigenvalue weighted by molar-refractivity contribution is 5.76. The van der Waals surface area contributed by atoms with Gasteiger partial charge in [0.2, 0.25) is 0 Å². The first kappa shape index (κ1) is 17.5. The zero-order valence-electron chi connectivity index (χ0n) is 15.0. The smallest absolute Gasteiger partial charge is 0.0461 e. The number of hydrogen-bond acceptors (Lipinski definition) is 1. The molecule has 0 unspecified atom stereocenters. The number of nitrogens with zero attached hydrogens (tertiary/aromatic N) is 1. The van der Waals surface area contributed by atoms with Gasteiger partial charge in [0.15, 0.2) is 0 Å². The zero-order chi connectivity index (χ0) is 18.0. The van der Waals surface area contributed by atoms with E-state index < -0.39 is 0 Å². The SMILES string of the molecule is Cc1ccccc1.c1ccc(N(c2ccccc2)c2ccccc2)cc1. The third-order valence-corrected chi connectivity index (χ3v) is 3.98. The average Bonchev–Trinajstić information content (AvgIpc) is 2.72. The molecule has 0 bridgehead atoms. The summed E-state index contributed by atoms with van der Waals surface area (Å²) in [5.41, 5.74) is 4.82. The Balaban J connectivity index is 0.000000236. The predicted molar refractivity (Wildman–Crippen MR) is 112 cm³/mol. The highest BCUT2D eigenvalue weighted by atomic mass is 15.1. The number of benzene rings is 4. The lowest BCUT2D eigenvalue weighted by molar-refractivity contribution is 1.28. The van der Waals surface area contributed by atoms with Crippen LogP contribution in [0.25, 0.3) is 0 Å². The molecular formula is C25H23N. The molecule has 1 nitrogen and oxygen atoms in total. The minimum atomic E-state index is 1.17. The van der Waals surface area contributed by atoms with E-state index in [9.17, 15) is 0 Å². The van der Waals surface area contributed by atoms with Gasteiger partial charge >= 0.3 is 0 Å². The molecule has 128 valence electrons. The topological polar surface area (TPSA) is 3.24 Å². The van der Waals surface area contributed by atoms with E-state index in [2.05, 4.69) is 96.8 Å². The minimum absolute atomic E-state index is 1.17. The van der Waals surface area contributed by atoms with Crippen molar-refractivity contribution in [2.24, 2.45) is 0 Å². The number of aryl methyl sites for hydroxylation is 1. The average molecular weight is 337 g/mol. The molecule has 0 fully saturated rings. The van der Waals surface area contributed by atoms with Crippen molar-refractivity contribution in [2.45, 2.75) is 6.92 Å². The molecule has 0 aliphatic heterocycles. The fourth-order valence-corrected chi connectivity index (χ4v) is 2.71. The lowest BCUT2D eigenvalue weighted by Gasteiger charge is -2.25. The van der Waals surface area contributed by atoms with Gasteiger partial charge in [0, 0.05) is 17.1 Å². The van der Waals surface area contributed by atoms with Gasteiger partial charge in [-0.3, -0.25) is 0 Å². The zero-order valence-corrected chi connectivity index (χ0v) is 15.0. The van der Waals surface area contributed by atoms with Crippen LogP contribution in [-0.2, 0) is 0 Å². The summed E-state index contributed by atoms with van der Waals surface area (Å²) in [5, 5.41) is 0. The van der Waals surface area contributed by atoms with Crippen LogP contribution >= 0.6 is 0 Å². The van der Waals surface area contributed by atoms with Gasteiger partial charge in [-0.15, -0.1) is 0 Å². The number of anilines is 3. The maximum absolute atomic E-state index is 2.25. The Bertz CT molecular complexity index is 778. The molecule has 0 N–H and O–H groups in total. The van der Waals surface area contributed by atoms with Gasteiger partial charge < -0.3 is 4.90 Å². The van der Waals surface area contributed by atoms with Crippen molar-refractivity contribution in [3.8, 4) is 0 Å². The van der Waals surface area contributed by atoms with E-state index in [-0.39, 0.29) is 0 Å². The van der Waals surface area contributed by atoms with Gasteiger partial charge in [-0.05, 0) is 43.3 Å². The summed E-state index contributed by atoms with van der Waals surface area (Å²) in [6.45, 7) is 2.08.